The van der Waals surface area contributed by atoms with Crippen molar-refractivity contribution < 1.29 is 39.6 Å². The van der Waals surface area contributed by atoms with Crippen LogP contribution in [-0.4, -0.2) is 44.3 Å². The molecule has 0 aliphatic carbocycles. The highest BCUT2D eigenvalue weighted by Crippen LogP contribution is 2.35. The quantitative estimate of drug-likeness (QED) is 0.0738. The number of carboxylic acids is 4. The molecule has 0 heterocycles. The smallest absolute Gasteiger partial charge is 0.336 e. The lowest BCUT2D eigenvalue weighted by Crippen LogP contribution is -2.03. The topological polar surface area (TPSA) is 253 Å². The number of hydrogen-bond donors (Lipinski definition) is 8. The second kappa shape index (κ2) is 14.9. The molecule has 12 heteroatoms. The fourth-order valence-corrected chi connectivity index (χ4v) is 5.77. The predicted molar refractivity (Wildman–Crippen MR) is 200 cm³/mol. The van der Waals surface area contributed by atoms with E-state index in [4.69, 9.17) is 22.9 Å². The normalized spacial score (nSPS) is 10.5. The molecule has 0 atom stereocenters. The lowest BCUT2D eigenvalue weighted by molar-refractivity contribution is 0.0687. The molecule has 0 saturated carbocycles. The van der Waals surface area contributed by atoms with Gasteiger partial charge in [-0.3, -0.25) is 0 Å². The minimum Gasteiger partial charge on any atom is -0.478 e. The molecule has 12 N–H and O–H groups in total. The van der Waals surface area contributed by atoms with Crippen LogP contribution in [0.25, 0.3) is 44.5 Å². The van der Waals surface area contributed by atoms with Crippen molar-refractivity contribution in [2.75, 3.05) is 22.9 Å². The van der Waals surface area contributed by atoms with Gasteiger partial charge in [-0.15, -0.1) is 0 Å². The summed E-state index contributed by atoms with van der Waals surface area (Å²) in [7, 11) is 0. The van der Waals surface area contributed by atoms with Gasteiger partial charge in [0.2, 0.25) is 0 Å². The van der Waals surface area contributed by atoms with Crippen molar-refractivity contribution in [1.29, 1.82) is 0 Å². The van der Waals surface area contributed by atoms with Gasteiger partial charge in [0.05, 0.1) is 22.3 Å². The second-order valence-corrected chi connectivity index (χ2v) is 11.5. The van der Waals surface area contributed by atoms with Gasteiger partial charge in [0.25, 0.3) is 0 Å². The fraction of sp³-hybridized carbons (Fsp3) is 0. The number of nitrogen functional groups attached to an aromatic ring is 4. The van der Waals surface area contributed by atoms with Crippen molar-refractivity contribution >= 4 is 46.6 Å². The lowest BCUT2D eigenvalue weighted by atomic mass is 9.93. The Hall–Kier alpha value is -7.60. The lowest BCUT2D eigenvalue weighted by Gasteiger charge is -2.13. The van der Waals surface area contributed by atoms with Crippen LogP contribution in [0.1, 0.15) is 41.4 Å². The summed E-state index contributed by atoms with van der Waals surface area (Å²) in [5.74, 6) is -4.28. The van der Waals surface area contributed by atoms with Gasteiger partial charge >= 0.3 is 23.9 Å². The molecule has 6 aromatic carbocycles. The molecule has 6 rings (SSSR count). The van der Waals surface area contributed by atoms with Crippen LogP contribution in [0.2, 0.25) is 0 Å². The van der Waals surface area contributed by atoms with Crippen LogP contribution in [0, 0.1) is 0 Å². The van der Waals surface area contributed by atoms with Crippen LogP contribution >= 0.6 is 0 Å². The average Bonchev–Trinajstić information content (AvgIpc) is 3.11. The van der Waals surface area contributed by atoms with E-state index in [1.54, 1.807) is 84.9 Å². The van der Waals surface area contributed by atoms with Crippen LogP contribution in [0.5, 0.6) is 0 Å². The fourth-order valence-electron chi connectivity index (χ4n) is 5.77. The van der Waals surface area contributed by atoms with Gasteiger partial charge < -0.3 is 43.4 Å². The minimum absolute atomic E-state index is 0.100. The number of benzene rings is 6. The van der Waals surface area contributed by atoms with Crippen molar-refractivity contribution in [1.82, 2.24) is 0 Å². The average molecular weight is 697 g/mol. The van der Waals surface area contributed by atoms with Gasteiger partial charge in [0.15, 0.2) is 0 Å². The van der Waals surface area contributed by atoms with Crippen LogP contribution in [0.4, 0.5) is 22.7 Å². The molecule has 0 unspecified atom stereocenters. The molecule has 0 aliphatic rings. The zero-order valence-electron chi connectivity index (χ0n) is 27.3. The predicted octanol–water partition coefficient (Wildman–Crippen LogP) is 7.16. The molecular formula is C40H32N4O8. The highest BCUT2D eigenvalue weighted by atomic mass is 16.4. The van der Waals surface area contributed by atoms with Gasteiger partial charge in [-0.1, -0.05) is 54.6 Å². The van der Waals surface area contributed by atoms with E-state index in [0.29, 0.717) is 67.3 Å². The summed E-state index contributed by atoms with van der Waals surface area (Å²) in [6.45, 7) is 0. The van der Waals surface area contributed by atoms with Crippen molar-refractivity contribution in [3.8, 4) is 44.5 Å². The Morgan fingerprint density at radius 3 is 1.06 bits per heavy atom. The molecule has 0 spiro atoms. The summed E-state index contributed by atoms with van der Waals surface area (Å²) in [5, 5.41) is 37.6. The zero-order valence-corrected chi connectivity index (χ0v) is 27.3. The third kappa shape index (κ3) is 7.51. The van der Waals surface area contributed by atoms with Gasteiger partial charge in [-0.25, -0.2) is 19.2 Å². The van der Waals surface area contributed by atoms with Crippen LogP contribution in [0.15, 0.2) is 121 Å². The Kier molecular flexibility index (Phi) is 10.2. The molecular weight excluding hydrogens is 664 g/mol. The Bertz CT molecular complexity index is 2210. The van der Waals surface area contributed by atoms with E-state index in [1.165, 1.54) is 36.4 Å². The first-order chi connectivity index (χ1) is 24.8. The maximum atomic E-state index is 11.5. The summed E-state index contributed by atoms with van der Waals surface area (Å²) < 4.78 is 0. The molecule has 0 aliphatic heterocycles. The summed E-state index contributed by atoms with van der Waals surface area (Å²) in [6, 6.07) is 32.3. The first kappa shape index (κ1) is 35.7. The molecule has 0 radical (unpaired) electrons. The van der Waals surface area contributed by atoms with Crippen LogP contribution < -0.4 is 22.9 Å². The molecule has 260 valence electrons. The number of carboxylic acid groups (broad SMARTS) is 4. The second-order valence-electron chi connectivity index (χ2n) is 11.5. The Morgan fingerprint density at radius 2 is 0.712 bits per heavy atom. The minimum atomic E-state index is -1.07. The van der Waals surface area contributed by atoms with E-state index in [1.807, 2.05) is 0 Å². The molecule has 12 nitrogen and oxygen atoms in total. The Morgan fingerprint density at radius 1 is 0.365 bits per heavy atom. The SMILES string of the molecule is Nc1ccc(C(=O)O)c(-c2cccc(-c3cc(N)ccc3C(=O)O)c2)c1.Nc1cccc(C(=O)O)c1-c1ccc(-c2c(N)cccc2C(=O)O)cc1. The van der Waals surface area contributed by atoms with E-state index in [0.717, 1.165) is 0 Å². The molecule has 0 bridgehead atoms. The first-order valence-electron chi connectivity index (χ1n) is 15.5. The van der Waals surface area contributed by atoms with Crippen molar-refractivity contribution in [2.24, 2.45) is 0 Å². The number of nitrogens with two attached hydrogens (primary N) is 4. The third-order valence-electron chi connectivity index (χ3n) is 8.15. The van der Waals surface area contributed by atoms with E-state index in [-0.39, 0.29) is 22.3 Å². The van der Waals surface area contributed by atoms with Crippen molar-refractivity contribution in [2.45, 2.75) is 0 Å². The molecule has 6 aromatic rings. The summed E-state index contributed by atoms with van der Waals surface area (Å²) in [6.07, 6.45) is 0. The number of anilines is 4. The van der Waals surface area contributed by atoms with Gasteiger partial charge in [-0.05, 0) is 100 Å². The van der Waals surface area contributed by atoms with E-state index in [9.17, 15) is 39.6 Å². The van der Waals surface area contributed by atoms with Crippen molar-refractivity contribution in [3.05, 3.63) is 144 Å². The first-order valence-corrected chi connectivity index (χ1v) is 15.5. The van der Waals surface area contributed by atoms with E-state index >= 15 is 0 Å². The van der Waals surface area contributed by atoms with Gasteiger partial charge in [0.1, 0.15) is 0 Å². The number of hydrogen-bond acceptors (Lipinski definition) is 8. The molecule has 0 amide bonds. The molecule has 0 fully saturated rings. The number of rotatable bonds is 8. The maximum absolute atomic E-state index is 11.5. The maximum Gasteiger partial charge on any atom is 0.336 e. The monoisotopic (exact) mass is 696 g/mol. The summed E-state index contributed by atoms with van der Waals surface area (Å²) in [5.41, 5.74) is 29.8. The van der Waals surface area contributed by atoms with Crippen LogP contribution in [0.3, 0.4) is 0 Å². The molecule has 0 aromatic heterocycles. The van der Waals surface area contributed by atoms with E-state index < -0.39 is 23.9 Å². The standard InChI is InChI=1S/2C20H16N2O4/c21-15-5-1-3-13(19(23)24)17(15)11-7-9-12(10-8-11)18-14(20(25)26)4-2-6-16(18)22;21-13-4-6-15(19(23)24)17(9-13)11-2-1-3-12(8-11)18-10-14(22)5-7-16(18)20(25)26/h2*1-10H,21-22H2,(H,23,24)(H,25,26). The Labute approximate surface area is 296 Å². The van der Waals surface area contributed by atoms with Gasteiger partial charge in [-0.2, -0.15) is 0 Å². The third-order valence-corrected chi connectivity index (χ3v) is 8.15. The molecule has 0 saturated heterocycles. The summed E-state index contributed by atoms with van der Waals surface area (Å²) in [4.78, 5) is 46.0. The van der Waals surface area contributed by atoms with Crippen molar-refractivity contribution in [3.63, 3.8) is 0 Å². The molecule has 52 heavy (non-hydrogen) atoms. The highest BCUT2D eigenvalue weighted by molar-refractivity contribution is 6.02. The number of aromatic carboxylic acids is 4. The number of carbonyl (C=O) groups is 4. The van der Waals surface area contributed by atoms with Gasteiger partial charge in [0, 0.05) is 33.9 Å². The van der Waals surface area contributed by atoms with E-state index in [2.05, 4.69) is 0 Å². The van der Waals surface area contributed by atoms with Crippen LogP contribution in [-0.2, 0) is 0 Å². The summed E-state index contributed by atoms with van der Waals surface area (Å²) >= 11 is 0. The highest BCUT2D eigenvalue weighted by Gasteiger charge is 2.18. The zero-order chi connectivity index (χ0) is 37.7. The Balaban J connectivity index is 0.000000201. The largest absolute Gasteiger partial charge is 0.478 e.